The molecule has 21 heavy (non-hydrogen) atoms. The van der Waals surface area contributed by atoms with Gasteiger partial charge >= 0.3 is 0 Å². The van der Waals surface area contributed by atoms with Crippen LogP contribution in [0, 0.1) is 16.0 Å². The smallest absolute Gasteiger partial charge is 0.293 e. The first-order chi connectivity index (χ1) is 10.0. The third-order valence-electron chi connectivity index (χ3n) is 3.77. The Labute approximate surface area is 125 Å². The minimum Gasteiger partial charge on any atom is -0.393 e. The lowest BCUT2D eigenvalue weighted by Gasteiger charge is -2.37. The maximum Gasteiger partial charge on any atom is 0.293 e. The number of hydrogen-bond acceptors (Lipinski definition) is 5. The number of nitro groups is 1. The first-order valence-corrected chi connectivity index (χ1v) is 7.46. The van der Waals surface area contributed by atoms with Crippen LogP contribution in [0.3, 0.4) is 0 Å². The molecule has 0 amide bonds. The molecule has 6 heteroatoms. The zero-order chi connectivity index (χ0) is 16.0. The first kappa shape index (κ1) is 17.5. The highest BCUT2D eigenvalue weighted by atomic mass is 16.6. The Kier molecular flexibility index (Phi) is 6.71. The summed E-state index contributed by atoms with van der Waals surface area (Å²) in [5.74, 6) is 0.0437. The van der Waals surface area contributed by atoms with Crippen molar-refractivity contribution in [2.45, 2.75) is 58.8 Å². The summed E-state index contributed by atoms with van der Waals surface area (Å²) in [4.78, 5) is 14.3. The monoisotopic (exact) mass is 296 g/mol. The number of aliphatic hydroxyl groups is 1. The molecule has 0 bridgehead atoms. The molecular formula is C15H24N2O4. The summed E-state index contributed by atoms with van der Waals surface area (Å²) in [6, 6.07) is 1.60. The van der Waals surface area contributed by atoms with Crippen LogP contribution in [0.25, 0.3) is 0 Å². The molecule has 1 fully saturated rings. The summed E-state index contributed by atoms with van der Waals surface area (Å²) < 4.78 is 5.90. The lowest BCUT2D eigenvalue weighted by atomic mass is 9.87. The van der Waals surface area contributed by atoms with E-state index in [-0.39, 0.29) is 17.7 Å². The van der Waals surface area contributed by atoms with E-state index in [1.165, 1.54) is 12.4 Å². The quantitative estimate of drug-likeness (QED) is 0.683. The maximum atomic E-state index is 11.0. The zero-order valence-corrected chi connectivity index (χ0v) is 13.0. The lowest BCUT2D eigenvalue weighted by molar-refractivity contribution is -0.386. The highest BCUT2D eigenvalue weighted by Crippen LogP contribution is 2.38. The number of pyridine rings is 1. The van der Waals surface area contributed by atoms with Crippen molar-refractivity contribution < 1.29 is 14.8 Å². The summed E-state index contributed by atoms with van der Waals surface area (Å²) in [5.41, 5.74) is 0.438. The summed E-state index contributed by atoms with van der Waals surface area (Å²) in [6.45, 7) is 7.92. The lowest BCUT2D eigenvalue weighted by Crippen LogP contribution is -2.39. The van der Waals surface area contributed by atoms with Gasteiger partial charge in [0.1, 0.15) is 6.20 Å². The maximum absolute atomic E-state index is 11.0. The van der Waals surface area contributed by atoms with Gasteiger partial charge in [0, 0.05) is 18.5 Å². The molecule has 0 aromatic carbocycles. The topological polar surface area (TPSA) is 85.5 Å². The van der Waals surface area contributed by atoms with Gasteiger partial charge in [-0.15, -0.1) is 0 Å². The molecule has 118 valence electrons. The van der Waals surface area contributed by atoms with Crippen LogP contribution in [0.2, 0.25) is 0 Å². The van der Waals surface area contributed by atoms with Gasteiger partial charge in [-0.3, -0.25) is 15.1 Å². The van der Waals surface area contributed by atoms with Crippen LogP contribution in [-0.2, 0) is 4.74 Å². The molecule has 1 aromatic rings. The average molecular weight is 296 g/mol. The van der Waals surface area contributed by atoms with E-state index in [9.17, 15) is 15.2 Å². The van der Waals surface area contributed by atoms with E-state index in [0.717, 1.165) is 6.42 Å². The average Bonchev–Trinajstić information content (AvgIpc) is 2.51. The van der Waals surface area contributed by atoms with E-state index in [1.807, 2.05) is 27.7 Å². The minimum atomic E-state index is -0.503. The van der Waals surface area contributed by atoms with Crippen LogP contribution in [0.1, 0.15) is 52.2 Å². The van der Waals surface area contributed by atoms with Crippen molar-refractivity contribution in [2.24, 2.45) is 5.92 Å². The molecule has 0 spiro atoms. The Morgan fingerprint density at radius 1 is 1.52 bits per heavy atom. The molecule has 1 aromatic heterocycles. The predicted octanol–water partition coefficient (Wildman–Crippen LogP) is 3.25. The van der Waals surface area contributed by atoms with Crippen molar-refractivity contribution >= 4 is 5.69 Å². The number of hydrogen-bond donors (Lipinski definition) is 1. The van der Waals surface area contributed by atoms with Gasteiger partial charge in [-0.25, -0.2) is 0 Å². The molecule has 1 aliphatic heterocycles. The number of ether oxygens (including phenoxy) is 1. The highest BCUT2D eigenvalue weighted by molar-refractivity contribution is 5.38. The summed E-state index contributed by atoms with van der Waals surface area (Å²) in [5, 5.41) is 21.1. The highest BCUT2D eigenvalue weighted by Gasteiger charge is 2.37. The molecule has 2 rings (SSSR count). The van der Waals surface area contributed by atoms with Crippen molar-refractivity contribution in [3.63, 3.8) is 0 Å². The molecule has 0 aliphatic carbocycles. The summed E-state index contributed by atoms with van der Waals surface area (Å²) in [7, 11) is 0. The second kappa shape index (κ2) is 8.05. The number of rotatable bonds is 3. The fraction of sp³-hybridized carbons (Fsp3) is 0.667. The van der Waals surface area contributed by atoms with E-state index in [0.29, 0.717) is 12.0 Å². The van der Waals surface area contributed by atoms with Crippen LogP contribution in [-0.4, -0.2) is 27.2 Å². The molecule has 6 nitrogen and oxygen atoms in total. The fourth-order valence-corrected chi connectivity index (χ4v) is 2.56. The SMILES string of the molecule is CC.CCC1OC(c2ccncc2[N+](=O)[O-])CC(O)C1C. The van der Waals surface area contributed by atoms with E-state index in [2.05, 4.69) is 4.98 Å². The van der Waals surface area contributed by atoms with E-state index < -0.39 is 17.1 Å². The Hall–Kier alpha value is -1.53. The van der Waals surface area contributed by atoms with Crippen LogP contribution in [0.4, 0.5) is 5.69 Å². The molecular weight excluding hydrogens is 272 g/mol. The zero-order valence-electron chi connectivity index (χ0n) is 13.0. The van der Waals surface area contributed by atoms with Gasteiger partial charge in [0.05, 0.1) is 28.8 Å². The van der Waals surface area contributed by atoms with Gasteiger partial charge in [-0.1, -0.05) is 27.7 Å². The number of nitrogens with zero attached hydrogens (tertiary/aromatic N) is 2. The Balaban J connectivity index is 0.00000106. The van der Waals surface area contributed by atoms with Crippen LogP contribution in [0.5, 0.6) is 0 Å². The van der Waals surface area contributed by atoms with Crippen molar-refractivity contribution in [2.75, 3.05) is 0 Å². The Bertz CT molecular complexity index is 467. The van der Waals surface area contributed by atoms with Gasteiger partial charge in [0.15, 0.2) is 0 Å². The molecule has 1 N–H and O–H groups in total. The largest absolute Gasteiger partial charge is 0.393 e. The van der Waals surface area contributed by atoms with E-state index >= 15 is 0 Å². The molecule has 4 unspecified atom stereocenters. The van der Waals surface area contributed by atoms with Crippen molar-refractivity contribution in [3.05, 3.63) is 34.1 Å². The molecule has 4 atom stereocenters. The van der Waals surface area contributed by atoms with Gasteiger partial charge in [0.2, 0.25) is 0 Å². The third-order valence-corrected chi connectivity index (χ3v) is 3.77. The van der Waals surface area contributed by atoms with Gasteiger partial charge in [-0.2, -0.15) is 0 Å². The molecule has 1 aliphatic rings. The standard InChI is InChI=1S/C13H18N2O4.C2H6/c1-3-12-8(2)11(16)6-13(19-12)9-4-5-14-7-10(9)15(17)18;1-2/h4-5,7-8,11-13,16H,3,6H2,1-2H3;1-2H3. The van der Waals surface area contributed by atoms with Gasteiger partial charge in [0.25, 0.3) is 5.69 Å². The summed E-state index contributed by atoms with van der Waals surface area (Å²) >= 11 is 0. The van der Waals surface area contributed by atoms with Gasteiger partial charge in [-0.05, 0) is 12.5 Å². The van der Waals surface area contributed by atoms with Crippen molar-refractivity contribution in [1.82, 2.24) is 4.98 Å². The van der Waals surface area contributed by atoms with Crippen LogP contribution >= 0.6 is 0 Å². The minimum absolute atomic E-state index is 0.0437. The van der Waals surface area contributed by atoms with Crippen LogP contribution in [0.15, 0.2) is 18.5 Å². The number of aliphatic hydroxyl groups excluding tert-OH is 1. The Morgan fingerprint density at radius 3 is 2.76 bits per heavy atom. The van der Waals surface area contributed by atoms with Crippen molar-refractivity contribution in [1.29, 1.82) is 0 Å². The fourth-order valence-electron chi connectivity index (χ4n) is 2.56. The van der Waals surface area contributed by atoms with Gasteiger partial charge < -0.3 is 9.84 Å². The second-order valence-electron chi connectivity index (χ2n) is 4.93. The Morgan fingerprint density at radius 2 is 2.19 bits per heavy atom. The predicted molar refractivity (Wildman–Crippen MR) is 79.9 cm³/mol. The molecule has 0 saturated carbocycles. The number of aromatic nitrogens is 1. The van der Waals surface area contributed by atoms with E-state index in [1.54, 1.807) is 6.07 Å². The normalized spacial score (nSPS) is 28.4. The molecule has 0 radical (unpaired) electrons. The first-order valence-electron chi connectivity index (χ1n) is 7.46. The summed E-state index contributed by atoms with van der Waals surface area (Å²) in [6.07, 6.45) is 2.86. The third kappa shape index (κ3) is 3.98. The van der Waals surface area contributed by atoms with Crippen LogP contribution < -0.4 is 0 Å². The van der Waals surface area contributed by atoms with Crippen molar-refractivity contribution in [3.8, 4) is 0 Å². The van der Waals surface area contributed by atoms with E-state index in [4.69, 9.17) is 4.74 Å². The molecule has 2 heterocycles. The molecule has 1 saturated heterocycles. The second-order valence-corrected chi connectivity index (χ2v) is 4.93.